The highest BCUT2D eigenvalue weighted by atomic mass is 35.5. The number of nitrogens with one attached hydrogen (secondary N) is 1. The average Bonchev–Trinajstić information content (AvgIpc) is 3.29. The summed E-state index contributed by atoms with van der Waals surface area (Å²) in [5.41, 5.74) is 3.78. The van der Waals surface area contributed by atoms with Crippen molar-refractivity contribution in [3.8, 4) is 11.4 Å². The third-order valence-electron chi connectivity index (χ3n) is 5.47. The lowest BCUT2D eigenvalue weighted by molar-refractivity contribution is 0.0749. The van der Waals surface area contributed by atoms with E-state index < -0.39 is 0 Å². The first-order valence-electron chi connectivity index (χ1n) is 11.0. The molecule has 1 aliphatic rings. The molecular weight excluding hydrogens is 456 g/mol. The van der Waals surface area contributed by atoms with E-state index in [1.54, 1.807) is 0 Å². The number of hydrogen-bond donors (Lipinski definition) is 1. The van der Waals surface area contributed by atoms with Crippen LogP contribution in [0.15, 0.2) is 64.8 Å². The van der Waals surface area contributed by atoms with Crippen molar-refractivity contribution in [3.05, 3.63) is 76.8 Å². The fraction of sp³-hybridized carbons (Fsp3) is 0.320. The summed E-state index contributed by atoms with van der Waals surface area (Å²) in [6.45, 7) is 7.50. The molecule has 2 heterocycles. The molecule has 1 unspecified atom stereocenters. The van der Waals surface area contributed by atoms with E-state index in [0.717, 1.165) is 35.4 Å². The summed E-state index contributed by atoms with van der Waals surface area (Å²) in [5.74, 6) is 1.01. The summed E-state index contributed by atoms with van der Waals surface area (Å²) in [4.78, 5) is 6.81. The molecule has 0 fully saturated rings. The normalized spacial score (nSPS) is 16.5. The number of nitrogens with zero attached hydrogens (tertiary/aromatic N) is 3. The van der Waals surface area contributed by atoms with Gasteiger partial charge in [-0.3, -0.25) is 0 Å². The predicted molar refractivity (Wildman–Crippen MR) is 135 cm³/mol. The lowest BCUT2D eigenvalue weighted by atomic mass is 9.95. The molecule has 172 valence electrons. The Labute approximate surface area is 204 Å². The SMILES string of the molecule is CC1=C(c2nc(-c3ccccc3)no2)C(c2ccc(Cl)cc2)NC(=S)N1CCCOC(C)C. The van der Waals surface area contributed by atoms with Crippen molar-refractivity contribution >= 4 is 34.5 Å². The largest absolute Gasteiger partial charge is 0.379 e. The van der Waals surface area contributed by atoms with E-state index in [1.807, 2.05) is 75.4 Å². The van der Waals surface area contributed by atoms with Crippen molar-refractivity contribution in [3.63, 3.8) is 0 Å². The fourth-order valence-electron chi connectivity index (χ4n) is 3.81. The van der Waals surface area contributed by atoms with E-state index in [4.69, 9.17) is 38.1 Å². The minimum Gasteiger partial charge on any atom is -0.379 e. The minimum atomic E-state index is -0.234. The Morgan fingerprint density at radius 3 is 2.58 bits per heavy atom. The molecule has 0 saturated carbocycles. The Hall–Kier alpha value is -2.74. The zero-order valence-corrected chi connectivity index (χ0v) is 20.5. The summed E-state index contributed by atoms with van der Waals surface area (Å²) in [7, 11) is 0. The molecule has 6 nitrogen and oxygen atoms in total. The molecule has 0 saturated heterocycles. The van der Waals surface area contributed by atoms with Crippen LogP contribution in [0, 0.1) is 0 Å². The third kappa shape index (κ3) is 5.43. The van der Waals surface area contributed by atoms with Crippen LogP contribution in [-0.4, -0.2) is 39.4 Å². The van der Waals surface area contributed by atoms with Crippen LogP contribution < -0.4 is 5.32 Å². The summed E-state index contributed by atoms with van der Waals surface area (Å²) >= 11 is 11.9. The summed E-state index contributed by atoms with van der Waals surface area (Å²) in [6.07, 6.45) is 1.04. The Morgan fingerprint density at radius 2 is 1.88 bits per heavy atom. The van der Waals surface area contributed by atoms with E-state index in [0.29, 0.717) is 28.5 Å². The molecule has 0 aliphatic carbocycles. The predicted octanol–water partition coefficient (Wildman–Crippen LogP) is 5.87. The van der Waals surface area contributed by atoms with E-state index >= 15 is 0 Å². The van der Waals surface area contributed by atoms with Gasteiger partial charge in [0.25, 0.3) is 5.89 Å². The molecule has 2 aromatic carbocycles. The molecule has 0 amide bonds. The zero-order valence-electron chi connectivity index (χ0n) is 18.9. The van der Waals surface area contributed by atoms with Crippen LogP contribution in [-0.2, 0) is 4.74 Å². The summed E-state index contributed by atoms with van der Waals surface area (Å²) < 4.78 is 11.5. The van der Waals surface area contributed by atoms with Gasteiger partial charge in [0.05, 0.1) is 17.7 Å². The van der Waals surface area contributed by atoms with Crippen LogP contribution >= 0.6 is 23.8 Å². The standard InChI is InChI=1S/C25H27ClN4O2S/c1-16(2)31-15-7-14-30-17(3)21(22(27-25(30)33)18-10-12-20(26)13-11-18)24-28-23(29-32-24)19-8-5-4-6-9-19/h4-6,8-13,16,22H,7,14-15H2,1-3H3,(H,27,33). The molecule has 1 N–H and O–H groups in total. The van der Waals surface area contributed by atoms with Gasteiger partial charge >= 0.3 is 0 Å². The lowest BCUT2D eigenvalue weighted by Gasteiger charge is -2.37. The Morgan fingerprint density at radius 1 is 1.15 bits per heavy atom. The maximum atomic E-state index is 6.13. The van der Waals surface area contributed by atoms with Gasteiger partial charge in [-0.05, 0) is 57.1 Å². The molecular formula is C25H27ClN4O2S. The van der Waals surface area contributed by atoms with Crippen molar-refractivity contribution in [2.75, 3.05) is 13.2 Å². The lowest BCUT2D eigenvalue weighted by Crippen LogP contribution is -2.46. The molecule has 1 aromatic heterocycles. The highest BCUT2D eigenvalue weighted by Gasteiger charge is 2.33. The van der Waals surface area contributed by atoms with E-state index in [2.05, 4.69) is 15.4 Å². The van der Waals surface area contributed by atoms with Crippen LogP contribution in [0.25, 0.3) is 17.0 Å². The first kappa shape index (κ1) is 23.4. The van der Waals surface area contributed by atoms with Crippen LogP contribution in [0.2, 0.25) is 5.02 Å². The Kier molecular flexibility index (Phi) is 7.42. The Bertz CT molecular complexity index is 1130. The average molecular weight is 483 g/mol. The second-order valence-corrected chi connectivity index (χ2v) is 8.97. The molecule has 0 radical (unpaired) electrons. The van der Waals surface area contributed by atoms with Gasteiger partial charge in [-0.2, -0.15) is 4.98 Å². The first-order chi connectivity index (χ1) is 15.9. The maximum absolute atomic E-state index is 6.13. The second kappa shape index (κ2) is 10.5. The molecule has 0 bridgehead atoms. The van der Waals surface area contributed by atoms with Gasteiger partial charge in [0.15, 0.2) is 5.11 Å². The van der Waals surface area contributed by atoms with Crippen molar-refractivity contribution in [1.82, 2.24) is 20.4 Å². The van der Waals surface area contributed by atoms with Gasteiger partial charge in [-0.1, -0.05) is 59.2 Å². The van der Waals surface area contributed by atoms with E-state index in [9.17, 15) is 0 Å². The van der Waals surface area contributed by atoms with Crippen LogP contribution in [0.5, 0.6) is 0 Å². The number of rotatable bonds is 8. The molecule has 3 aromatic rings. The van der Waals surface area contributed by atoms with Crippen molar-refractivity contribution in [2.45, 2.75) is 39.3 Å². The zero-order chi connectivity index (χ0) is 23.4. The van der Waals surface area contributed by atoms with Crippen molar-refractivity contribution in [1.29, 1.82) is 0 Å². The molecule has 0 spiro atoms. The smallest absolute Gasteiger partial charge is 0.258 e. The summed E-state index contributed by atoms with van der Waals surface area (Å²) in [5, 5.41) is 9.04. The summed E-state index contributed by atoms with van der Waals surface area (Å²) in [6, 6.07) is 17.3. The second-order valence-electron chi connectivity index (χ2n) is 8.15. The molecule has 1 atom stereocenters. The minimum absolute atomic E-state index is 0.202. The number of ether oxygens (including phenoxy) is 1. The topological polar surface area (TPSA) is 63.4 Å². The maximum Gasteiger partial charge on any atom is 0.258 e. The number of hydrogen-bond acceptors (Lipinski definition) is 5. The van der Waals surface area contributed by atoms with Gasteiger partial charge in [0, 0.05) is 29.4 Å². The molecule has 4 rings (SSSR count). The van der Waals surface area contributed by atoms with Gasteiger partial charge < -0.3 is 19.5 Å². The van der Waals surface area contributed by atoms with E-state index in [1.165, 1.54) is 0 Å². The third-order valence-corrected chi connectivity index (χ3v) is 6.06. The number of aromatic nitrogens is 2. The first-order valence-corrected chi connectivity index (χ1v) is 11.8. The van der Waals surface area contributed by atoms with Gasteiger partial charge in [0.2, 0.25) is 5.82 Å². The van der Waals surface area contributed by atoms with E-state index in [-0.39, 0.29) is 12.1 Å². The van der Waals surface area contributed by atoms with Crippen LogP contribution in [0.3, 0.4) is 0 Å². The Balaban J connectivity index is 1.70. The quantitative estimate of drug-likeness (QED) is 0.318. The van der Waals surface area contributed by atoms with Gasteiger partial charge in [0.1, 0.15) is 0 Å². The van der Waals surface area contributed by atoms with Crippen molar-refractivity contribution in [2.24, 2.45) is 0 Å². The fourth-order valence-corrected chi connectivity index (χ4v) is 4.28. The van der Waals surface area contributed by atoms with Crippen molar-refractivity contribution < 1.29 is 9.26 Å². The number of halogens is 1. The highest BCUT2D eigenvalue weighted by Crippen LogP contribution is 2.37. The number of thiocarbonyl (C=S) groups is 1. The number of benzene rings is 2. The molecule has 33 heavy (non-hydrogen) atoms. The van der Waals surface area contributed by atoms with Gasteiger partial charge in [-0.15, -0.1) is 0 Å². The van der Waals surface area contributed by atoms with Gasteiger partial charge in [-0.25, -0.2) is 0 Å². The van der Waals surface area contributed by atoms with Crippen LogP contribution in [0.4, 0.5) is 0 Å². The molecule has 8 heteroatoms. The monoisotopic (exact) mass is 482 g/mol. The highest BCUT2D eigenvalue weighted by molar-refractivity contribution is 7.80. The van der Waals surface area contributed by atoms with Crippen LogP contribution in [0.1, 0.15) is 44.7 Å². The molecule has 1 aliphatic heterocycles. The number of allylic oxidation sites excluding steroid dienone is 1.